The molecule has 0 radical (unpaired) electrons. The van der Waals surface area contributed by atoms with Gasteiger partial charge >= 0.3 is 0 Å². The van der Waals surface area contributed by atoms with Crippen molar-refractivity contribution < 1.29 is 0 Å². The van der Waals surface area contributed by atoms with Gasteiger partial charge in [-0.1, -0.05) is 6.07 Å². The monoisotopic (exact) mass is 265 g/mol. The van der Waals surface area contributed by atoms with Crippen LogP contribution in [0.4, 0.5) is 0 Å². The third-order valence-electron chi connectivity index (χ3n) is 3.88. The van der Waals surface area contributed by atoms with E-state index in [4.69, 9.17) is 4.98 Å². The molecular formula is C14H20ClN3. The highest BCUT2D eigenvalue weighted by Gasteiger charge is 2.19. The molecule has 4 heteroatoms. The Kier molecular flexibility index (Phi) is 3.93. The van der Waals surface area contributed by atoms with Crippen molar-refractivity contribution in [3.63, 3.8) is 0 Å². The van der Waals surface area contributed by atoms with Crippen molar-refractivity contribution >= 4 is 23.4 Å². The highest BCUT2D eigenvalue weighted by molar-refractivity contribution is 5.85. The van der Waals surface area contributed by atoms with E-state index in [1.54, 1.807) is 0 Å². The maximum absolute atomic E-state index is 4.80. The van der Waals surface area contributed by atoms with Crippen molar-refractivity contribution in [2.24, 2.45) is 0 Å². The molecule has 1 fully saturated rings. The number of aryl methyl sites for hydroxylation is 2. The van der Waals surface area contributed by atoms with Gasteiger partial charge in [0.25, 0.3) is 0 Å². The van der Waals surface area contributed by atoms with Crippen LogP contribution in [0.3, 0.4) is 0 Å². The van der Waals surface area contributed by atoms with Gasteiger partial charge in [-0.25, -0.2) is 4.98 Å². The summed E-state index contributed by atoms with van der Waals surface area (Å²) in [5, 5.41) is 3.44. The average Bonchev–Trinajstić information content (AvgIpc) is 2.80. The lowest BCUT2D eigenvalue weighted by atomic mass is 9.99. The highest BCUT2D eigenvalue weighted by atomic mass is 35.5. The van der Waals surface area contributed by atoms with Crippen LogP contribution >= 0.6 is 12.4 Å². The number of rotatable bonds is 1. The minimum atomic E-state index is 0. The summed E-state index contributed by atoms with van der Waals surface area (Å²) in [5.41, 5.74) is 4.94. The fourth-order valence-electron chi connectivity index (χ4n) is 2.61. The number of benzene rings is 1. The molecule has 0 saturated carbocycles. The number of piperidine rings is 1. The third kappa shape index (κ3) is 2.25. The topological polar surface area (TPSA) is 40.7 Å². The van der Waals surface area contributed by atoms with Gasteiger partial charge in [0.05, 0.1) is 11.0 Å². The van der Waals surface area contributed by atoms with E-state index in [1.807, 2.05) is 0 Å². The molecule has 2 N–H and O–H groups in total. The molecule has 1 aromatic heterocycles. The van der Waals surface area contributed by atoms with Crippen molar-refractivity contribution in [3.05, 3.63) is 29.1 Å². The fraction of sp³-hybridized carbons (Fsp3) is 0.500. The molecule has 98 valence electrons. The SMILES string of the molecule is Cc1ccc2[nH]c(C3CCCNC3)nc2c1C.Cl. The van der Waals surface area contributed by atoms with E-state index in [0.29, 0.717) is 5.92 Å². The molecule has 0 aliphatic carbocycles. The summed E-state index contributed by atoms with van der Waals surface area (Å²) in [7, 11) is 0. The molecule has 18 heavy (non-hydrogen) atoms. The Morgan fingerprint density at radius 3 is 2.83 bits per heavy atom. The van der Waals surface area contributed by atoms with Crippen LogP contribution in [0.2, 0.25) is 0 Å². The van der Waals surface area contributed by atoms with Gasteiger partial charge in [-0.15, -0.1) is 12.4 Å². The van der Waals surface area contributed by atoms with Gasteiger partial charge in [-0.3, -0.25) is 0 Å². The highest BCUT2D eigenvalue weighted by Crippen LogP contribution is 2.25. The Hall–Kier alpha value is -1.06. The largest absolute Gasteiger partial charge is 0.342 e. The number of hydrogen-bond donors (Lipinski definition) is 2. The predicted octanol–water partition coefficient (Wildman–Crippen LogP) is 3.07. The predicted molar refractivity (Wildman–Crippen MR) is 77.7 cm³/mol. The first kappa shape index (κ1) is 13.4. The van der Waals surface area contributed by atoms with Gasteiger partial charge < -0.3 is 10.3 Å². The number of aromatic nitrogens is 2. The van der Waals surface area contributed by atoms with Crippen molar-refractivity contribution in [2.45, 2.75) is 32.6 Å². The minimum absolute atomic E-state index is 0. The number of hydrogen-bond acceptors (Lipinski definition) is 2. The van der Waals surface area contributed by atoms with E-state index in [0.717, 1.165) is 24.4 Å². The van der Waals surface area contributed by atoms with Crippen molar-refractivity contribution in [1.29, 1.82) is 0 Å². The van der Waals surface area contributed by atoms with Gasteiger partial charge in [0.2, 0.25) is 0 Å². The normalized spacial score (nSPS) is 19.8. The lowest BCUT2D eigenvalue weighted by molar-refractivity contribution is 0.449. The van der Waals surface area contributed by atoms with E-state index in [1.165, 1.54) is 29.5 Å². The number of H-pyrrole nitrogens is 1. The van der Waals surface area contributed by atoms with E-state index in [9.17, 15) is 0 Å². The van der Waals surface area contributed by atoms with Gasteiger partial charge in [0.1, 0.15) is 5.82 Å². The van der Waals surface area contributed by atoms with Crippen LogP contribution in [0.1, 0.15) is 35.7 Å². The number of aromatic amines is 1. The van der Waals surface area contributed by atoms with E-state index in [-0.39, 0.29) is 12.4 Å². The van der Waals surface area contributed by atoms with Crippen LogP contribution in [0.5, 0.6) is 0 Å². The van der Waals surface area contributed by atoms with Gasteiger partial charge in [0.15, 0.2) is 0 Å². The molecule has 0 amide bonds. The van der Waals surface area contributed by atoms with Crippen LogP contribution in [0.25, 0.3) is 11.0 Å². The van der Waals surface area contributed by atoms with Crippen LogP contribution in [-0.2, 0) is 0 Å². The average molecular weight is 266 g/mol. The van der Waals surface area contributed by atoms with E-state index >= 15 is 0 Å². The molecule has 3 nitrogen and oxygen atoms in total. The zero-order chi connectivity index (χ0) is 11.8. The first-order valence-electron chi connectivity index (χ1n) is 6.42. The number of fused-ring (bicyclic) bond motifs is 1. The first-order valence-corrected chi connectivity index (χ1v) is 6.42. The molecule has 2 aromatic rings. The molecule has 1 aromatic carbocycles. The molecule has 3 rings (SSSR count). The molecule has 1 aliphatic heterocycles. The smallest absolute Gasteiger partial charge is 0.111 e. The number of nitrogens with one attached hydrogen (secondary N) is 2. The Morgan fingerprint density at radius 1 is 1.28 bits per heavy atom. The Balaban J connectivity index is 0.00000120. The summed E-state index contributed by atoms with van der Waals surface area (Å²) in [6.45, 7) is 6.50. The molecule has 1 atom stereocenters. The second-order valence-corrected chi connectivity index (χ2v) is 5.07. The molecule has 1 saturated heterocycles. The molecule has 0 bridgehead atoms. The molecule has 0 spiro atoms. The van der Waals surface area contributed by atoms with Gasteiger partial charge in [0, 0.05) is 12.5 Å². The Labute approximate surface area is 114 Å². The lowest BCUT2D eigenvalue weighted by Gasteiger charge is -2.20. The maximum Gasteiger partial charge on any atom is 0.111 e. The number of halogens is 1. The van der Waals surface area contributed by atoms with E-state index in [2.05, 4.69) is 36.3 Å². The summed E-state index contributed by atoms with van der Waals surface area (Å²) in [5.74, 6) is 1.71. The Bertz CT molecular complexity index is 541. The summed E-state index contributed by atoms with van der Waals surface area (Å²) >= 11 is 0. The molecule has 1 unspecified atom stereocenters. The zero-order valence-electron chi connectivity index (χ0n) is 10.9. The van der Waals surface area contributed by atoms with Crippen LogP contribution in [-0.4, -0.2) is 23.1 Å². The zero-order valence-corrected chi connectivity index (χ0v) is 11.7. The second kappa shape index (κ2) is 5.29. The maximum atomic E-state index is 4.80. The standard InChI is InChI=1S/C14H19N3.ClH/c1-9-5-6-12-13(10(9)2)17-14(16-12)11-4-3-7-15-8-11;/h5-6,11,15H,3-4,7-8H2,1-2H3,(H,16,17);1H. The van der Waals surface area contributed by atoms with Crippen LogP contribution in [0, 0.1) is 13.8 Å². The summed E-state index contributed by atoms with van der Waals surface area (Å²) < 4.78 is 0. The Morgan fingerprint density at radius 2 is 2.11 bits per heavy atom. The van der Waals surface area contributed by atoms with Crippen LogP contribution in [0.15, 0.2) is 12.1 Å². The minimum Gasteiger partial charge on any atom is -0.342 e. The van der Waals surface area contributed by atoms with Gasteiger partial charge in [-0.2, -0.15) is 0 Å². The van der Waals surface area contributed by atoms with Crippen LogP contribution < -0.4 is 5.32 Å². The quantitative estimate of drug-likeness (QED) is 0.832. The van der Waals surface area contributed by atoms with Gasteiger partial charge in [-0.05, 0) is 50.4 Å². The third-order valence-corrected chi connectivity index (χ3v) is 3.88. The summed E-state index contributed by atoms with van der Waals surface area (Å²) in [4.78, 5) is 8.28. The number of nitrogens with zero attached hydrogens (tertiary/aromatic N) is 1. The van der Waals surface area contributed by atoms with Crippen molar-refractivity contribution in [3.8, 4) is 0 Å². The van der Waals surface area contributed by atoms with E-state index < -0.39 is 0 Å². The first-order chi connectivity index (χ1) is 8.25. The second-order valence-electron chi connectivity index (χ2n) is 5.07. The summed E-state index contributed by atoms with van der Waals surface area (Å²) in [6, 6.07) is 4.31. The molecular weight excluding hydrogens is 246 g/mol. The molecule has 1 aliphatic rings. The molecule has 2 heterocycles. The fourth-order valence-corrected chi connectivity index (χ4v) is 2.61. The van der Waals surface area contributed by atoms with Crippen molar-refractivity contribution in [2.75, 3.05) is 13.1 Å². The van der Waals surface area contributed by atoms with Crippen molar-refractivity contribution in [1.82, 2.24) is 15.3 Å². The number of imidazole rings is 1. The summed E-state index contributed by atoms with van der Waals surface area (Å²) in [6.07, 6.45) is 2.49. The lowest BCUT2D eigenvalue weighted by Crippen LogP contribution is -2.28.